The van der Waals surface area contributed by atoms with Gasteiger partial charge in [0.1, 0.15) is 0 Å². The number of nitrogens with one attached hydrogen (secondary N) is 2. The van der Waals surface area contributed by atoms with Crippen LogP contribution in [-0.4, -0.2) is 36.6 Å². The van der Waals surface area contributed by atoms with Gasteiger partial charge < -0.3 is 10.6 Å². The molecule has 1 aromatic heterocycles. The van der Waals surface area contributed by atoms with Crippen LogP contribution in [0.2, 0.25) is 0 Å². The van der Waals surface area contributed by atoms with Crippen molar-refractivity contribution in [2.24, 2.45) is 5.41 Å². The van der Waals surface area contributed by atoms with E-state index in [1.54, 1.807) is 35.0 Å². The van der Waals surface area contributed by atoms with Gasteiger partial charge in [-0.1, -0.05) is 78.9 Å². The van der Waals surface area contributed by atoms with Crippen molar-refractivity contribution in [1.29, 1.82) is 0 Å². The smallest absolute Gasteiger partial charge is 0.269 e. The predicted molar refractivity (Wildman–Crippen MR) is 205 cm³/mol. The molecule has 0 radical (unpaired) electrons. The Hall–Kier alpha value is -7.12. The zero-order valence-electron chi connectivity index (χ0n) is 28.2. The summed E-state index contributed by atoms with van der Waals surface area (Å²) >= 11 is 5.37. The van der Waals surface area contributed by atoms with E-state index in [0.717, 1.165) is 0 Å². The Balaban J connectivity index is 1.57. The molecule has 2 heterocycles. The van der Waals surface area contributed by atoms with Gasteiger partial charge in [-0.3, -0.25) is 29.8 Å². The number of benzene rings is 5. The minimum Gasteiger partial charge on any atom is -0.302 e. The zero-order valence-corrected chi connectivity index (χ0v) is 29.0. The fraction of sp³-hybridized carbons (Fsp3) is 0.0732. The standard InChI is InChI=1S/C41H28N6O6S/c48-38-41(39(49)43-40(54)42-38)34(26-10-4-1-5-11-26)32(24-25-16-20-30(21-17-25)46(50)51)36-33(35(41)27-12-6-2-7-13-27)37(28-18-22-31(23-19-28)47(52)53)45(44-36)29-14-8-3-9-15-29/h1-24,34-35H,(H2,42,43,48,49,54)/b32-24-. The Morgan fingerprint density at radius 3 is 1.67 bits per heavy atom. The van der Waals surface area contributed by atoms with Crippen LogP contribution in [0.5, 0.6) is 0 Å². The summed E-state index contributed by atoms with van der Waals surface area (Å²) in [5.74, 6) is -3.21. The molecule has 264 valence electrons. The number of hydrogen-bond donors (Lipinski definition) is 2. The maximum atomic E-state index is 15.1. The van der Waals surface area contributed by atoms with Gasteiger partial charge >= 0.3 is 0 Å². The molecule has 2 unspecified atom stereocenters. The van der Waals surface area contributed by atoms with Gasteiger partial charge in [0, 0.05) is 47.2 Å². The number of aromatic nitrogens is 2. The van der Waals surface area contributed by atoms with E-state index in [9.17, 15) is 20.2 Å². The predicted octanol–water partition coefficient (Wildman–Crippen LogP) is 7.34. The summed E-state index contributed by atoms with van der Waals surface area (Å²) in [6.07, 6.45) is 1.80. The number of amides is 2. The number of fused-ring (bicyclic) bond motifs is 1. The highest BCUT2D eigenvalue weighted by atomic mass is 32.1. The first-order valence-electron chi connectivity index (χ1n) is 16.8. The van der Waals surface area contributed by atoms with Gasteiger partial charge in [-0.05, 0) is 77.0 Å². The quantitative estimate of drug-likeness (QED) is 0.0746. The van der Waals surface area contributed by atoms with Gasteiger partial charge in [-0.25, -0.2) is 4.68 Å². The lowest BCUT2D eigenvalue weighted by Gasteiger charge is -2.49. The summed E-state index contributed by atoms with van der Waals surface area (Å²) in [6, 6.07) is 39.8. The number of rotatable bonds is 7. The topological polar surface area (TPSA) is 162 Å². The Morgan fingerprint density at radius 1 is 0.667 bits per heavy atom. The molecular formula is C41H28N6O6S. The molecule has 0 saturated carbocycles. The van der Waals surface area contributed by atoms with Crippen LogP contribution in [0, 0.1) is 25.6 Å². The maximum absolute atomic E-state index is 15.1. The van der Waals surface area contributed by atoms with E-state index in [1.807, 2.05) is 91.0 Å². The Morgan fingerprint density at radius 2 is 1.15 bits per heavy atom. The number of carbonyl (C=O) groups excluding carboxylic acids is 2. The van der Waals surface area contributed by atoms with Gasteiger partial charge in [-0.15, -0.1) is 0 Å². The van der Waals surface area contributed by atoms with Crippen molar-refractivity contribution in [3.8, 4) is 16.9 Å². The van der Waals surface area contributed by atoms with Crippen LogP contribution < -0.4 is 10.6 Å². The van der Waals surface area contributed by atoms with E-state index in [4.69, 9.17) is 17.3 Å². The molecule has 54 heavy (non-hydrogen) atoms. The van der Waals surface area contributed by atoms with E-state index < -0.39 is 38.9 Å². The second-order valence-corrected chi connectivity index (χ2v) is 13.3. The molecule has 2 N–H and O–H groups in total. The number of carbonyl (C=O) groups is 2. The number of non-ortho nitro benzene ring substituents is 2. The van der Waals surface area contributed by atoms with Gasteiger partial charge in [0.05, 0.1) is 26.9 Å². The number of para-hydroxylation sites is 1. The number of hydrogen-bond acceptors (Lipinski definition) is 8. The fourth-order valence-electron chi connectivity index (χ4n) is 7.73. The van der Waals surface area contributed by atoms with Crippen LogP contribution >= 0.6 is 12.2 Å². The Kier molecular flexibility index (Phi) is 8.47. The van der Waals surface area contributed by atoms with Crippen molar-refractivity contribution in [2.75, 3.05) is 0 Å². The summed E-state index contributed by atoms with van der Waals surface area (Å²) < 4.78 is 1.73. The van der Waals surface area contributed by atoms with Gasteiger partial charge in [0.25, 0.3) is 11.4 Å². The van der Waals surface area contributed by atoms with Gasteiger partial charge in [-0.2, -0.15) is 5.10 Å². The highest BCUT2D eigenvalue weighted by Gasteiger charge is 2.65. The van der Waals surface area contributed by atoms with Crippen molar-refractivity contribution >= 4 is 52.2 Å². The average molecular weight is 733 g/mol. The number of nitro benzene ring substituents is 2. The maximum Gasteiger partial charge on any atom is 0.269 e. The molecule has 13 heteroatoms. The third-order valence-electron chi connectivity index (χ3n) is 9.96. The van der Waals surface area contributed by atoms with Crippen molar-refractivity contribution in [3.05, 3.63) is 188 Å². The molecule has 2 atom stereocenters. The SMILES string of the molecule is O=C1NC(=S)NC(=O)C12C(c1ccccc1)/C(=C/c1ccc([N+](=O)[O-])cc1)c1nn(-c3ccccc3)c(-c3ccc([N+](=O)[O-])cc3)c1C2c1ccccc1. The van der Waals surface area contributed by atoms with Crippen LogP contribution in [0.1, 0.15) is 39.8 Å². The molecule has 5 aromatic carbocycles. The van der Waals surface area contributed by atoms with Gasteiger partial charge in [0.2, 0.25) is 11.8 Å². The molecule has 2 aliphatic rings. The third kappa shape index (κ3) is 5.54. The molecule has 2 amide bonds. The molecule has 1 aliphatic carbocycles. The molecule has 1 fully saturated rings. The first kappa shape index (κ1) is 34.0. The first-order valence-corrected chi connectivity index (χ1v) is 17.3. The third-order valence-corrected chi connectivity index (χ3v) is 10.2. The summed E-state index contributed by atoms with van der Waals surface area (Å²) in [7, 11) is 0. The van der Waals surface area contributed by atoms with Crippen LogP contribution in [0.3, 0.4) is 0 Å². The highest BCUT2D eigenvalue weighted by molar-refractivity contribution is 7.80. The summed E-state index contributed by atoms with van der Waals surface area (Å²) in [4.78, 5) is 52.5. The largest absolute Gasteiger partial charge is 0.302 e. The minimum absolute atomic E-state index is 0.102. The van der Waals surface area contributed by atoms with E-state index in [1.165, 1.54) is 24.3 Å². The van der Waals surface area contributed by atoms with E-state index in [0.29, 0.717) is 50.5 Å². The van der Waals surface area contributed by atoms with Crippen LogP contribution in [0.25, 0.3) is 28.6 Å². The Labute approximate surface area is 313 Å². The molecule has 1 saturated heterocycles. The zero-order chi connectivity index (χ0) is 37.6. The molecule has 0 bridgehead atoms. The number of nitro groups is 2. The lowest BCUT2D eigenvalue weighted by atomic mass is 9.52. The normalized spacial score (nSPS) is 18.1. The van der Waals surface area contributed by atoms with E-state index in [2.05, 4.69) is 10.6 Å². The van der Waals surface area contributed by atoms with Crippen LogP contribution in [-0.2, 0) is 9.59 Å². The van der Waals surface area contributed by atoms with Crippen molar-refractivity contribution in [2.45, 2.75) is 11.8 Å². The summed E-state index contributed by atoms with van der Waals surface area (Å²) in [6.45, 7) is 0. The van der Waals surface area contributed by atoms with Crippen LogP contribution in [0.4, 0.5) is 11.4 Å². The lowest BCUT2D eigenvalue weighted by molar-refractivity contribution is -0.385. The number of allylic oxidation sites excluding steroid dienone is 1. The lowest BCUT2D eigenvalue weighted by Crippen LogP contribution is -2.67. The van der Waals surface area contributed by atoms with Gasteiger partial charge in [0.15, 0.2) is 10.5 Å². The highest BCUT2D eigenvalue weighted by Crippen LogP contribution is 2.63. The number of thiocarbonyl (C=S) groups is 1. The monoisotopic (exact) mass is 732 g/mol. The van der Waals surface area contributed by atoms with Crippen molar-refractivity contribution in [3.63, 3.8) is 0 Å². The summed E-state index contributed by atoms with van der Waals surface area (Å²) in [5, 5.41) is 34.1. The van der Waals surface area contributed by atoms with Crippen molar-refractivity contribution < 1.29 is 19.4 Å². The van der Waals surface area contributed by atoms with Crippen LogP contribution in [0.15, 0.2) is 140 Å². The minimum atomic E-state index is -1.93. The molecule has 1 aliphatic heterocycles. The van der Waals surface area contributed by atoms with E-state index >= 15 is 9.59 Å². The second-order valence-electron chi connectivity index (χ2n) is 12.9. The molecule has 12 nitrogen and oxygen atoms in total. The average Bonchev–Trinajstić information content (AvgIpc) is 3.58. The molecular weight excluding hydrogens is 705 g/mol. The molecule has 1 spiro atoms. The second kappa shape index (κ2) is 13.5. The fourth-order valence-corrected chi connectivity index (χ4v) is 7.91. The van der Waals surface area contributed by atoms with E-state index in [-0.39, 0.29) is 16.5 Å². The number of nitrogens with zero attached hydrogens (tertiary/aromatic N) is 4. The Bertz CT molecular complexity index is 2480. The first-order chi connectivity index (χ1) is 26.2. The molecule has 6 aromatic rings. The van der Waals surface area contributed by atoms with Crippen molar-refractivity contribution in [1.82, 2.24) is 20.4 Å². The molecule has 8 rings (SSSR count). The summed E-state index contributed by atoms with van der Waals surface area (Å²) in [5.41, 5.74) is 2.91.